The van der Waals surface area contributed by atoms with Crippen LogP contribution in [0.4, 0.5) is 4.39 Å². The van der Waals surface area contributed by atoms with E-state index in [9.17, 15) is 9.18 Å². The number of halogens is 1. The van der Waals surface area contributed by atoms with Gasteiger partial charge in [-0.25, -0.2) is 4.39 Å². The molecule has 0 heterocycles. The third-order valence-corrected chi connectivity index (χ3v) is 1.45. The van der Waals surface area contributed by atoms with Crippen LogP contribution in [0, 0.1) is 0 Å². The summed E-state index contributed by atoms with van der Waals surface area (Å²) in [5.74, 6) is -0.588. The second-order valence-electron chi connectivity index (χ2n) is 2.67. The molecule has 0 unspecified atom stereocenters. The lowest BCUT2D eigenvalue weighted by molar-refractivity contribution is -0.112. The van der Waals surface area contributed by atoms with Crippen LogP contribution < -0.4 is 0 Å². The highest BCUT2D eigenvalue weighted by molar-refractivity contribution is 5.88. The molecule has 0 radical (unpaired) electrons. The summed E-state index contributed by atoms with van der Waals surface area (Å²) < 4.78 is 13.0. The van der Waals surface area contributed by atoms with Crippen LogP contribution in [0.2, 0.25) is 0 Å². The molecule has 0 aromatic heterocycles. The van der Waals surface area contributed by atoms with E-state index in [2.05, 4.69) is 13.2 Å². The van der Waals surface area contributed by atoms with Gasteiger partial charge in [-0.1, -0.05) is 19.2 Å². The number of allylic oxidation sites excluding steroid dienone is 6. The highest BCUT2D eigenvalue weighted by atomic mass is 19.1. The zero-order chi connectivity index (χ0) is 10.4. The minimum atomic E-state index is -0.468. The van der Waals surface area contributed by atoms with Gasteiger partial charge in [0.15, 0.2) is 5.78 Å². The van der Waals surface area contributed by atoms with Crippen LogP contribution in [0.3, 0.4) is 0 Å². The van der Waals surface area contributed by atoms with Crippen LogP contribution in [-0.4, -0.2) is 5.78 Å². The Kier molecular flexibility index (Phi) is 4.67. The summed E-state index contributed by atoms with van der Waals surface area (Å²) in [6.45, 7) is 9.92. The first-order valence-corrected chi connectivity index (χ1v) is 3.85. The number of carbonyl (C=O) groups is 1. The standard InChI is InChI=1S/C11H13FO.H2/c1-5-6-11(12)10(4)8(2)7-9(3)13;/h5-7H,1,4H2,2-3H3;1H/b8-7-,11-6+;. The quantitative estimate of drug-likeness (QED) is 0.481. The smallest absolute Gasteiger partial charge is 0.152 e. The molecule has 13 heavy (non-hydrogen) atoms. The molecule has 0 spiro atoms. The van der Waals surface area contributed by atoms with Crippen LogP contribution in [0.5, 0.6) is 0 Å². The molecular formula is C11H15FO. The molecular weight excluding hydrogens is 167 g/mol. The Bertz CT molecular complexity index is 300. The summed E-state index contributed by atoms with van der Waals surface area (Å²) >= 11 is 0. The van der Waals surface area contributed by atoms with Crippen molar-refractivity contribution >= 4 is 5.78 Å². The van der Waals surface area contributed by atoms with Gasteiger partial charge in [-0.05, 0) is 31.6 Å². The van der Waals surface area contributed by atoms with Gasteiger partial charge in [0.05, 0.1) is 0 Å². The minimum absolute atomic E-state index is 0. The molecule has 72 valence electrons. The SMILES string of the molecule is C=C/C=C(/F)C(=C)/C(C)=C\C(C)=O.[HH]. The summed E-state index contributed by atoms with van der Waals surface area (Å²) in [7, 11) is 0. The molecule has 0 rings (SSSR count). The Hall–Kier alpha value is -1.44. The van der Waals surface area contributed by atoms with Crippen molar-refractivity contribution in [2.45, 2.75) is 13.8 Å². The van der Waals surface area contributed by atoms with E-state index in [0.717, 1.165) is 0 Å². The van der Waals surface area contributed by atoms with Gasteiger partial charge < -0.3 is 0 Å². The molecule has 0 bridgehead atoms. The fourth-order valence-electron chi connectivity index (χ4n) is 0.784. The summed E-state index contributed by atoms with van der Waals surface area (Å²) in [4.78, 5) is 10.7. The average molecular weight is 182 g/mol. The van der Waals surface area contributed by atoms with Crippen LogP contribution in [0.1, 0.15) is 15.3 Å². The molecule has 0 aliphatic carbocycles. The molecule has 0 saturated carbocycles. The first kappa shape index (κ1) is 11.6. The van der Waals surface area contributed by atoms with Gasteiger partial charge in [0.25, 0.3) is 0 Å². The van der Waals surface area contributed by atoms with Gasteiger partial charge in [-0.2, -0.15) is 0 Å². The number of hydrogen-bond acceptors (Lipinski definition) is 1. The summed E-state index contributed by atoms with van der Waals surface area (Å²) in [6.07, 6.45) is 3.89. The van der Waals surface area contributed by atoms with E-state index in [1.165, 1.54) is 25.2 Å². The van der Waals surface area contributed by atoms with E-state index in [0.29, 0.717) is 5.57 Å². The Morgan fingerprint density at radius 3 is 2.38 bits per heavy atom. The molecule has 1 nitrogen and oxygen atoms in total. The van der Waals surface area contributed by atoms with Crippen molar-refractivity contribution in [1.29, 1.82) is 0 Å². The van der Waals surface area contributed by atoms with E-state index >= 15 is 0 Å². The second-order valence-corrected chi connectivity index (χ2v) is 2.67. The third-order valence-electron chi connectivity index (χ3n) is 1.45. The highest BCUT2D eigenvalue weighted by Gasteiger charge is 2.03. The molecule has 0 atom stereocenters. The second kappa shape index (κ2) is 5.25. The van der Waals surface area contributed by atoms with Gasteiger partial charge in [0.2, 0.25) is 0 Å². The van der Waals surface area contributed by atoms with Crippen LogP contribution in [-0.2, 0) is 4.79 Å². The molecule has 0 saturated heterocycles. The fraction of sp³-hybridized carbons (Fsp3) is 0.182. The number of rotatable bonds is 4. The molecule has 0 N–H and O–H groups in total. The van der Waals surface area contributed by atoms with Crippen LogP contribution >= 0.6 is 0 Å². The summed E-state index contributed by atoms with van der Waals surface area (Å²) in [6, 6.07) is 0. The van der Waals surface area contributed by atoms with E-state index in [1.54, 1.807) is 6.92 Å². The van der Waals surface area contributed by atoms with Crippen LogP contribution in [0.25, 0.3) is 0 Å². The van der Waals surface area contributed by atoms with E-state index in [-0.39, 0.29) is 12.8 Å². The number of ketones is 1. The maximum atomic E-state index is 13.0. The van der Waals surface area contributed by atoms with Gasteiger partial charge in [0, 0.05) is 7.00 Å². The normalized spacial score (nSPS) is 12.5. The van der Waals surface area contributed by atoms with Crippen LogP contribution in [0.15, 0.2) is 48.4 Å². The monoisotopic (exact) mass is 182 g/mol. The van der Waals surface area contributed by atoms with Gasteiger partial charge in [-0.3, -0.25) is 4.79 Å². The molecule has 2 heteroatoms. The summed E-state index contributed by atoms with van der Waals surface area (Å²) in [5, 5.41) is 0. The third kappa shape index (κ3) is 4.21. The van der Waals surface area contributed by atoms with Gasteiger partial charge in [0.1, 0.15) is 5.83 Å². The maximum absolute atomic E-state index is 13.0. The minimum Gasteiger partial charge on any atom is -0.295 e. The predicted octanol–water partition coefficient (Wildman–Crippen LogP) is 3.36. The van der Waals surface area contributed by atoms with Crippen molar-refractivity contribution in [3.8, 4) is 0 Å². The zero-order valence-corrected chi connectivity index (χ0v) is 7.93. The Morgan fingerprint density at radius 2 is 2.00 bits per heavy atom. The fourth-order valence-corrected chi connectivity index (χ4v) is 0.784. The van der Waals surface area contributed by atoms with E-state index < -0.39 is 5.83 Å². The molecule has 0 aromatic carbocycles. The number of carbonyl (C=O) groups excluding carboxylic acids is 1. The van der Waals surface area contributed by atoms with Crippen molar-refractivity contribution in [1.82, 2.24) is 0 Å². The topological polar surface area (TPSA) is 17.1 Å². The van der Waals surface area contributed by atoms with Crippen molar-refractivity contribution in [3.05, 3.63) is 48.4 Å². The zero-order valence-electron chi connectivity index (χ0n) is 7.93. The molecule has 0 aliphatic heterocycles. The maximum Gasteiger partial charge on any atom is 0.152 e. The van der Waals surface area contributed by atoms with Crippen molar-refractivity contribution < 1.29 is 10.6 Å². The molecule has 0 amide bonds. The Labute approximate surface area is 79.4 Å². The van der Waals surface area contributed by atoms with E-state index in [4.69, 9.17) is 0 Å². The van der Waals surface area contributed by atoms with Gasteiger partial charge >= 0.3 is 0 Å². The van der Waals surface area contributed by atoms with Gasteiger partial charge in [-0.15, -0.1) is 0 Å². The Balaban J connectivity index is 0. The predicted molar refractivity (Wildman–Crippen MR) is 55.1 cm³/mol. The lowest BCUT2D eigenvalue weighted by Crippen LogP contribution is -1.89. The summed E-state index contributed by atoms with van der Waals surface area (Å²) in [5.41, 5.74) is 0.748. The molecule has 0 aromatic rings. The van der Waals surface area contributed by atoms with Crippen molar-refractivity contribution in [2.24, 2.45) is 0 Å². The van der Waals surface area contributed by atoms with Crippen molar-refractivity contribution in [2.75, 3.05) is 0 Å². The lowest BCUT2D eigenvalue weighted by Gasteiger charge is -2.01. The van der Waals surface area contributed by atoms with Crippen molar-refractivity contribution in [3.63, 3.8) is 0 Å². The lowest BCUT2D eigenvalue weighted by atomic mass is 10.1. The molecule has 0 aliphatic rings. The molecule has 0 fully saturated rings. The average Bonchev–Trinajstić information content (AvgIpc) is 2.02. The first-order chi connectivity index (χ1) is 5.99. The first-order valence-electron chi connectivity index (χ1n) is 3.85. The highest BCUT2D eigenvalue weighted by Crippen LogP contribution is 2.17. The largest absolute Gasteiger partial charge is 0.295 e. The Morgan fingerprint density at radius 1 is 1.46 bits per heavy atom. The van der Waals surface area contributed by atoms with E-state index in [1.807, 2.05) is 0 Å². The number of hydrogen-bond donors (Lipinski definition) is 0.